The molecule has 0 bridgehead atoms. The highest BCUT2D eigenvalue weighted by Crippen LogP contribution is 2.26. The van der Waals surface area contributed by atoms with Crippen LogP contribution in [0.1, 0.15) is 18.7 Å². The van der Waals surface area contributed by atoms with Crippen LogP contribution < -0.4 is 16.2 Å². The SMILES string of the molecule is C[C@H](N)c1cc2cccc(N(C)C)c2c(=O)n1-c1ccccc1. The Balaban J connectivity index is 2.47. The quantitative estimate of drug-likeness (QED) is 0.809. The molecule has 2 aromatic carbocycles. The average Bonchev–Trinajstić information content (AvgIpc) is 2.54. The Bertz CT molecular complexity index is 896. The van der Waals surface area contributed by atoms with Crippen molar-refractivity contribution >= 4 is 16.5 Å². The van der Waals surface area contributed by atoms with Gasteiger partial charge in [-0.3, -0.25) is 9.36 Å². The smallest absolute Gasteiger partial charge is 0.265 e. The van der Waals surface area contributed by atoms with E-state index in [9.17, 15) is 4.79 Å². The Labute approximate surface area is 135 Å². The van der Waals surface area contributed by atoms with E-state index in [1.807, 2.05) is 80.5 Å². The van der Waals surface area contributed by atoms with Gasteiger partial charge in [-0.1, -0.05) is 30.3 Å². The molecule has 0 saturated carbocycles. The van der Waals surface area contributed by atoms with Crippen molar-refractivity contribution in [1.82, 2.24) is 4.57 Å². The van der Waals surface area contributed by atoms with Crippen molar-refractivity contribution in [2.75, 3.05) is 19.0 Å². The van der Waals surface area contributed by atoms with E-state index in [-0.39, 0.29) is 11.6 Å². The lowest BCUT2D eigenvalue weighted by Crippen LogP contribution is -2.27. The number of para-hydroxylation sites is 1. The zero-order chi connectivity index (χ0) is 16.6. The molecule has 2 N–H and O–H groups in total. The number of rotatable bonds is 3. The monoisotopic (exact) mass is 307 g/mol. The van der Waals surface area contributed by atoms with Gasteiger partial charge in [0.05, 0.1) is 5.39 Å². The Morgan fingerprint density at radius 3 is 2.35 bits per heavy atom. The van der Waals surface area contributed by atoms with Crippen LogP contribution >= 0.6 is 0 Å². The van der Waals surface area contributed by atoms with Crippen LogP contribution in [0, 0.1) is 0 Å². The molecule has 118 valence electrons. The van der Waals surface area contributed by atoms with E-state index in [2.05, 4.69) is 0 Å². The molecule has 3 aromatic rings. The summed E-state index contributed by atoms with van der Waals surface area (Å²) in [6.45, 7) is 1.90. The van der Waals surface area contributed by atoms with Crippen LogP contribution in [-0.4, -0.2) is 18.7 Å². The Hall–Kier alpha value is -2.59. The third-order valence-electron chi connectivity index (χ3n) is 4.02. The van der Waals surface area contributed by atoms with Crippen LogP contribution in [0.25, 0.3) is 16.5 Å². The first-order chi connectivity index (χ1) is 11.0. The van der Waals surface area contributed by atoms with E-state index in [0.29, 0.717) is 5.39 Å². The maximum absolute atomic E-state index is 13.3. The maximum atomic E-state index is 13.3. The van der Waals surface area contributed by atoms with Crippen molar-refractivity contribution in [2.45, 2.75) is 13.0 Å². The first-order valence-corrected chi connectivity index (χ1v) is 7.67. The van der Waals surface area contributed by atoms with Gasteiger partial charge in [0.1, 0.15) is 0 Å². The molecule has 3 rings (SSSR count). The minimum atomic E-state index is -0.240. The molecule has 23 heavy (non-hydrogen) atoms. The van der Waals surface area contributed by atoms with E-state index < -0.39 is 0 Å². The molecule has 0 saturated heterocycles. The molecule has 0 amide bonds. The molecule has 4 nitrogen and oxygen atoms in total. The Morgan fingerprint density at radius 2 is 1.74 bits per heavy atom. The fourth-order valence-electron chi connectivity index (χ4n) is 2.91. The van der Waals surface area contributed by atoms with Crippen LogP contribution in [0.15, 0.2) is 59.4 Å². The van der Waals surface area contributed by atoms with Crippen molar-refractivity contribution in [3.63, 3.8) is 0 Å². The number of nitrogens with zero attached hydrogens (tertiary/aromatic N) is 2. The van der Waals surface area contributed by atoms with Crippen LogP contribution in [-0.2, 0) is 0 Å². The molecule has 1 atom stereocenters. The molecular weight excluding hydrogens is 286 g/mol. The second kappa shape index (κ2) is 5.89. The highest BCUT2D eigenvalue weighted by molar-refractivity contribution is 5.94. The Kier molecular flexibility index (Phi) is 3.92. The van der Waals surface area contributed by atoms with E-state index >= 15 is 0 Å². The second-order valence-corrected chi connectivity index (χ2v) is 5.97. The third kappa shape index (κ3) is 2.62. The summed E-state index contributed by atoms with van der Waals surface area (Å²) in [7, 11) is 3.89. The standard InChI is InChI=1S/C19H21N3O/c1-13(20)17-12-14-8-7-11-16(21(2)3)18(14)19(23)22(17)15-9-5-4-6-10-15/h4-13H,20H2,1-3H3/t13-/m0/s1. The lowest BCUT2D eigenvalue weighted by molar-refractivity contribution is 0.734. The minimum absolute atomic E-state index is 0.0368. The minimum Gasteiger partial charge on any atom is -0.377 e. The molecular formula is C19H21N3O. The fourth-order valence-corrected chi connectivity index (χ4v) is 2.91. The van der Waals surface area contributed by atoms with Crippen molar-refractivity contribution in [3.05, 3.63) is 70.6 Å². The molecule has 0 unspecified atom stereocenters. The largest absolute Gasteiger partial charge is 0.377 e. The first kappa shape index (κ1) is 15.3. The summed E-state index contributed by atoms with van der Waals surface area (Å²) < 4.78 is 1.72. The summed E-state index contributed by atoms with van der Waals surface area (Å²) in [5.41, 5.74) is 8.66. The summed E-state index contributed by atoms with van der Waals surface area (Å²) >= 11 is 0. The van der Waals surface area contributed by atoms with E-state index in [1.165, 1.54) is 0 Å². The molecule has 0 radical (unpaired) electrons. The lowest BCUT2D eigenvalue weighted by Gasteiger charge is -2.20. The number of fused-ring (bicyclic) bond motifs is 1. The van der Waals surface area contributed by atoms with E-state index in [1.54, 1.807) is 4.57 Å². The highest BCUT2D eigenvalue weighted by atomic mass is 16.1. The number of hydrogen-bond acceptors (Lipinski definition) is 3. The van der Waals surface area contributed by atoms with Crippen molar-refractivity contribution < 1.29 is 0 Å². The van der Waals surface area contributed by atoms with Gasteiger partial charge in [0, 0.05) is 37.2 Å². The van der Waals surface area contributed by atoms with E-state index in [0.717, 1.165) is 22.5 Å². The van der Waals surface area contributed by atoms with E-state index in [4.69, 9.17) is 5.73 Å². The number of anilines is 1. The van der Waals surface area contributed by atoms with Crippen LogP contribution in [0.5, 0.6) is 0 Å². The van der Waals surface area contributed by atoms with Crippen LogP contribution in [0.2, 0.25) is 0 Å². The van der Waals surface area contributed by atoms with Gasteiger partial charge in [-0.2, -0.15) is 0 Å². The summed E-state index contributed by atoms with van der Waals surface area (Å²) in [6.07, 6.45) is 0. The van der Waals surface area contributed by atoms with Crippen molar-refractivity contribution in [1.29, 1.82) is 0 Å². The predicted molar refractivity (Wildman–Crippen MR) is 96.5 cm³/mol. The van der Waals surface area contributed by atoms with Gasteiger partial charge in [0.25, 0.3) is 5.56 Å². The molecule has 0 spiro atoms. The molecule has 1 heterocycles. The number of nitrogens with two attached hydrogens (primary N) is 1. The normalized spacial score (nSPS) is 12.3. The van der Waals surface area contributed by atoms with Gasteiger partial charge in [0.2, 0.25) is 0 Å². The van der Waals surface area contributed by atoms with Crippen LogP contribution in [0.3, 0.4) is 0 Å². The molecule has 1 aromatic heterocycles. The van der Waals surface area contributed by atoms with Crippen molar-refractivity contribution in [3.8, 4) is 5.69 Å². The third-order valence-corrected chi connectivity index (χ3v) is 4.02. The zero-order valence-corrected chi connectivity index (χ0v) is 13.7. The number of aromatic nitrogens is 1. The van der Waals surface area contributed by atoms with Gasteiger partial charge in [-0.15, -0.1) is 0 Å². The highest BCUT2D eigenvalue weighted by Gasteiger charge is 2.16. The van der Waals surface area contributed by atoms with Gasteiger partial charge in [-0.25, -0.2) is 0 Å². The zero-order valence-electron chi connectivity index (χ0n) is 13.7. The Morgan fingerprint density at radius 1 is 1.04 bits per heavy atom. The lowest BCUT2D eigenvalue weighted by atomic mass is 10.1. The van der Waals surface area contributed by atoms with Gasteiger partial charge >= 0.3 is 0 Å². The number of hydrogen-bond donors (Lipinski definition) is 1. The molecule has 0 aliphatic rings. The molecule has 0 aliphatic carbocycles. The van der Waals surface area contributed by atoms with Gasteiger partial charge in [-0.05, 0) is 36.6 Å². The van der Waals surface area contributed by atoms with Gasteiger partial charge in [0.15, 0.2) is 0 Å². The van der Waals surface area contributed by atoms with Crippen molar-refractivity contribution in [2.24, 2.45) is 5.73 Å². The predicted octanol–water partition coefficient (Wildman–Crippen LogP) is 3.08. The maximum Gasteiger partial charge on any atom is 0.265 e. The average molecular weight is 307 g/mol. The topological polar surface area (TPSA) is 51.3 Å². The second-order valence-electron chi connectivity index (χ2n) is 5.97. The first-order valence-electron chi connectivity index (χ1n) is 7.67. The fraction of sp³-hybridized carbons (Fsp3) is 0.211. The summed E-state index contributed by atoms with van der Waals surface area (Å²) in [5, 5.41) is 1.63. The van der Waals surface area contributed by atoms with Crippen LogP contribution in [0.4, 0.5) is 5.69 Å². The van der Waals surface area contributed by atoms with Gasteiger partial charge < -0.3 is 10.6 Å². The summed E-state index contributed by atoms with van der Waals surface area (Å²) in [6, 6.07) is 17.3. The number of pyridine rings is 1. The number of benzene rings is 2. The molecule has 0 fully saturated rings. The molecule has 0 aliphatic heterocycles. The molecule has 4 heteroatoms. The summed E-state index contributed by atoms with van der Waals surface area (Å²) in [5.74, 6) is 0. The summed E-state index contributed by atoms with van der Waals surface area (Å²) in [4.78, 5) is 15.2.